The molecule has 1 saturated heterocycles. The molecule has 6 heteroatoms. The minimum atomic E-state index is -0.203. The Morgan fingerprint density at radius 3 is 2.42 bits per heavy atom. The zero-order chi connectivity index (χ0) is 18.4. The number of halogens is 2. The van der Waals surface area contributed by atoms with E-state index in [2.05, 4.69) is 15.1 Å². The third-order valence-corrected chi connectivity index (χ3v) is 4.95. The van der Waals surface area contributed by atoms with E-state index in [1.165, 1.54) is 12.1 Å². The van der Waals surface area contributed by atoms with E-state index in [-0.39, 0.29) is 11.7 Å². The molecule has 1 fully saturated rings. The van der Waals surface area contributed by atoms with Crippen molar-refractivity contribution in [2.45, 2.75) is 6.42 Å². The van der Waals surface area contributed by atoms with Crippen molar-refractivity contribution >= 4 is 23.2 Å². The molecule has 0 aliphatic carbocycles. The molecule has 26 heavy (non-hydrogen) atoms. The third-order valence-electron chi connectivity index (χ3n) is 4.62. The molecule has 0 saturated carbocycles. The van der Waals surface area contributed by atoms with Crippen LogP contribution in [-0.2, 0) is 0 Å². The van der Waals surface area contributed by atoms with Gasteiger partial charge in [-0.15, -0.1) is 0 Å². The molecule has 0 bridgehead atoms. The van der Waals surface area contributed by atoms with Gasteiger partial charge in [-0.3, -0.25) is 9.69 Å². The Bertz CT molecular complexity index is 730. The molecule has 0 atom stereocenters. The van der Waals surface area contributed by atoms with Crippen molar-refractivity contribution in [2.75, 3.05) is 44.2 Å². The van der Waals surface area contributed by atoms with Gasteiger partial charge < -0.3 is 10.2 Å². The first-order valence-electron chi connectivity index (χ1n) is 8.89. The standard InChI is InChI=1S/C20H23ClFN3O/c21-19-5-2-1-4-18(19)20(26)23-10-3-11-24-12-14-25(15-13-24)17-8-6-16(22)7-9-17/h1-2,4-9H,3,10-15H2,(H,23,26). The lowest BCUT2D eigenvalue weighted by Gasteiger charge is -2.36. The van der Waals surface area contributed by atoms with E-state index in [4.69, 9.17) is 11.6 Å². The second-order valence-electron chi connectivity index (χ2n) is 6.39. The van der Waals surface area contributed by atoms with Gasteiger partial charge in [0, 0.05) is 38.4 Å². The highest BCUT2D eigenvalue weighted by molar-refractivity contribution is 6.33. The Morgan fingerprint density at radius 1 is 1.04 bits per heavy atom. The minimum Gasteiger partial charge on any atom is -0.369 e. The van der Waals surface area contributed by atoms with Gasteiger partial charge in [-0.1, -0.05) is 23.7 Å². The van der Waals surface area contributed by atoms with Crippen LogP contribution in [-0.4, -0.2) is 50.1 Å². The Hall–Kier alpha value is -2.11. The number of nitrogens with one attached hydrogen (secondary N) is 1. The van der Waals surface area contributed by atoms with Crippen molar-refractivity contribution < 1.29 is 9.18 Å². The average molecular weight is 376 g/mol. The van der Waals surface area contributed by atoms with Gasteiger partial charge in [0.25, 0.3) is 5.91 Å². The van der Waals surface area contributed by atoms with E-state index >= 15 is 0 Å². The van der Waals surface area contributed by atoms with Crippen molar-refractivity contribution in [3.05, 3.63) is 64.9 Å². The zero-order valence-corrected chi connectivity index (χ0v) is 15.4. The molecule has 1 aliphatic rings. The van der Waals surface area contributed by atoms with Gasteiger partial charge in [-0.25, -0.2) is 4.39 Å². The van der Waals surface area contributed by atoms with Crippen molar-refractivity contribution in [1.82, 2.24) is 10.2 Å². The maximum atomic E-state index is 13.0. The fourth-order valence-corrected chi connectivity index (χ4v) is 3.35. The van der Waals surface area contributed by atoms with Crippen LogP contribution in [0.3, 0.4) is 0 Å². The number of piperazine rings is 1. The lowest BCUT2D eigenvalue weighted by atomic mass is 10.2. The molecule has 1 heterocycles. The van der Waals surface area contributed by atoms with Crippen LogP contribution < -0.4 is 10.2 Å². The molecule has 4 nitrogen and oxygen atoms in total. The molecule has 3 rings (SSSR count). The smallest absolute Gasteiger partial charge is 0.252 e. The quantitative estimate of drug-likeness (QED) is 0.786. The normalized spacial score (nSPS) is 15.1. The summed E-state index contributed by atoms with van der Waals surface area (Å²) in [4.78, 5) is 16.8. The summed E-state index contributed by atoms with van der Waals surface area (Å²) in [5.74, 6) is -0.331. The second kappa shape index (κ2) is 9.01. The summed E-state index contributed by atoms with van der Waals surface area (Å²) in [5, 5.41) is 3.40. The molecule has 0 aromatic heterocycles. The van der Waals surface area contributed by atoms with E-state index in [1.54, 1.807) is 18.2 Å². The van der Waals surface area contributed by atoms with E-state index in [0.29, 0.717) is 17.1 Å². The Labute approximate surface area is 158 Å². The Balaban J connectivity index is 1.36. The van der Waals surface area contributed by atoms with Crippen LogP contribution in [0.15, 0.2) is 48.5 Å². The number of hydrogen-bond acceptors (Lipinski definition) is 3. The predicted octanol–water partition coefficient (Wildman–Crippen LogP) is 3.42. The highest BCUT2D eigenvalue weighted by Gasteiger charge is 2.17. The highest BCUT2D eigenvalue weighted by Crippen LogP contribution is 2.17. The Morgan fingerprint density at radius 2 is 1.73 bits per heavy atom. The summed E-state index contributed by atoms with van der Waals surface area (Å²) < 4.78 is 13.0. The molecule has 1 aliphatic heterocycles. The van der Waals surface area contributed by atoms with Crippen molar-refractivity contribution in [3.63, 3.8) is 0 Å². The Kier molecular flexibility index (Phi) is 6.47. The zero-order valence-electron chi connectivity index (χ0n) is 14.6. The van der Waals surface area contributed by atoms with Gasteiger partial charge in [0.15, 0.2) is 0 Å². The largest absolute Gasteiger partial charge is 0.369 e. The number of anilines is 1. The van der Waals surface area contributed by atoms with Crippen LogP contribution in [0.4, 0.5) is 10.1 Å². The number of nitrogens with zero attached hydrogens (tertiary/aromatic N) is 2. The van der Waals surface area contributed by atoms with Gasteiger partial charge in [-0.2, -0.15) is 0 Å². The van der Waals surface area contributed by atoms with Crippen LogP contribution in [0.5, 0.6) is 0 Å². The van der Waals surface area contributed by atoms with E-state index < -0.39 is 0 Å². The second-order valence-corrected chi connectivity index (χ2v) is 6.80. The van der Waals surface area contributed by atoms with E-state index in [1.807, 2.05) is 18.2 Å². The van der Waals surface area contributed by atoms with E-state index in [0.717, 1.165) is 44.8 Å². The monoisotopic (exact) mass is 375 g/mol. The number of hydrogen-bond donors (Lipinski definition) is 1. The molecule has 0 unspecified atom stereocenters. The molecular weight excluding hydrogens is 353 g/mol. The third kappa shape index (κ3) is 4.96. The lowest BCUT2D eigenvalue weighted by molar-refractivity contribution is 0.0951. The molecular formula is C20H23ClFN3O. The fourth-order valence-electron chi connectivity index (χ4n) is 3.13. The van der Waals surface area contributed by atoms with Crippen molar-refractivity contribution in [3.8, 4) is 0 Å². The summed E-state index contributed by atoms with van der Waals surface area (Å²) in [5.41, 5.74) is 1.58. The first-order chi connectivity index (χ1) is 12.6. The molecule has 1 N–H and O–H groups in total. The maximum absolute atomic E-state index is 13.0. The van der Waals surface area contributed by atoms with Crippen molar-refractivity contribution in [1.29, 1.82) is 0 Å². The average Bonchev–Trinajstić information content (AvgIpc) is 2.66. The topological polar surface area (TPSA) is 35.6 Å². The minimum absolute atomic E-state index is 0.128. The van der Waals surface area contributed by atoms with Gasteiger partial charge in [-0.05, 0) is 49.4 Å². The van der Waals surface area contributed by atoms with Gasteiger partial charge >= 0.3 is 0 Å². The maximum Gasteiger partial charge on any atom is 0.252 e. The molecule has 0 radical (unpaired) electrons. The predicted molar refractivity (Wildman–Crippen MR) is 103 cm³/mol. The molecule has 0 spiro atoms. The van der Waals surface area contributed by atoms with Gasteiger partial charge in [0.05, 0.1) is 10.6 Å². The van der Waals surface area contributed by atoms with E-state index in [9.17, 15) is 9.18 Å². The number of rotatable bonds is 6. The van der Waals surface area contributed by atoms with Crippen LogP contribution in [0, 0.1) is 5.82 Å². The summed E-state index contributed by atoms with van der Waals surface area (Å²) in [6.45, 7) is 5.36. The number of amides is 1. The summed E-state index contributed by atoms with van der Waals surface area (Å²) in [6.07, 6.45) is 0.896. The van der Waals surface area contributed by atoms with Crippen LogP contribution in [0.2, 0.25) is 5.02 Å². The van der Waals surface area contributed by atoms with Crippen molar-refractivity contribution in [2.24, 2.45) is 0 Å². The molecule has 1 amide bonds. The van der Waals surface area contributed by atoms with Crippen LogP contribution >= 0.6 is 11.6 Å². The molecule has 138 valence electrons. The van der Waals surface area contributed by atoms with Gasteiger partial charge in [0.2, 0.25) is 0 Å². The molecule has 2 aromatic rings. The fraction of sp³-hybridized carbons (Fsp3) is 0.350. The van der Waals surface area contributed by atoms with Crippen LogP contribution in [0.1, 0.15) is 16.8 Å². The summed E-state index contributed by atoms with van der Waals surface area (Å²) in [6, 6.07) is 13.7. The van der Waals surface area contributed by atoms with Gasteiger partial charge in [0.1, 0.15) is 5.82 Å². The first kappa shape index (κ1) is 18.7. The lowest BCUT2D eigenvalue weighted by Crippen LogP contribution is -2.47. The number of benzene rings is 2. The highest BCUT2D eigenvalue weighted by atomic mass is 35.5. The summed E-state index contributed by atoms with van der Waals surface area (Å²) >= 11 is 6.03. The first-order valence-corrected chi connectivity index (χ1v) is 9.27. The SMILES string of the molecule is O=C(NCCCN1CCN(c2ccc(F)cc2)CC1)c1ccccc1Cl. The van der Waals surface area contributed by atoms with Crippen LogP contribution in [0.25, 0.3) is 0 Å². The number of carbonyl (C=O) groups excluding carboxylic acids is 1. The number of carbonyl (C=O) groups is 1. The summed E-state index contributed by atoms with van der Waals surface area (Å²) in [7, 11) is 0. The molecule has 2 aromatic carbocycles.